The number of Topliss-reactive ketones (excluding diaryl/α,β-unsaturated/α-hetero) is 1. The van der Waals surface area contributed by atoms with Crippen molar-refractivity contribution in [1.29, 1.82) is 0 Å². The lowest BCUT2D eigenvalue weighted by molar-refractivity contribution is -0.137. The fourth-order valence-electron chi connectivity index (χ4n) is 3.05. The van der Waals surface area contributed by atoms with E-state index in [0.717, 1.165) is 16.8 Å². The Bertz CT molecular complexity index is 1220. The van der Waals surface area contributed by atoms with Crippen LogP contribution < -0.4 is 10.9 Å². The number of hydrogen-bond acceptors (Lipinski definition) is 5. The maximum absolute atomic E-state index is 13.0. The first kappa shape index (κ1) is 22.5. The number of phenolic OH excluding ortho intramolecular Hbond substituents is 1. The summed E-state index contributed by atoms with van der Waals surface area (Å²) < 4.78 is 40.2. The average molecular weight is 446 g/mol. The van der Waals surface area contributed by atoms with Gasteiger partial charge >= 0.3 is 12.1 Å². The molecular formula is C21H17F3N4O4. The van der Waals surface area contributed by atoms with Crippen molar-refractivity contribution in [2.45, 2.75) is 20.0 Å². The molecule has 2 aromatic carbocycles. The normalized spacial score (nSPS) is 11.2. The lowest BCUT2D eigenvalue weighted by atomic mass is 10.1. The number of alkyl halides is 3. The second kappa shape index (κ2) is 8.53. The number of phenols is 1. The van der Waals surface area contributed by atoms with Crippen LogP contribution in [-0.4, -0.2) is 32.5 Å². The minimum absolute atomic E-state index is 0.0627. The number of aromatic hydroxyl groups is 1. The number of carbonyl (C=O) groups excluding carboxylic acids is 3. The predicted molar refractivity (Wildman–Crippen MR) is 106 cm³/mol. The zero-order valence-electron chi connectivity index (χ0n) is 16.8. The van der Waals surface area contributed by atoms with Crippen LogP contribution in [0.2, 0.25) is 0 Å². The first-order chi connectivity index (χ1) is 15.0. The smallest absolute Gasteiger partial charge is 0.416 e. The van der Waals surface area contributed by atoms with E-state index >= 15 is 0 Å². The van der Waals surface area contributed by atoms with Gasteiger partial charge in [-0.1, -0.05) is 18.2 Å². The number of nitrogens with one attached hydrogen (secondary N) is 2. The molecule has 2 amide bonds. The maximum atomic E-state index is 13.0. The molecule has 166 valence electrons. The van der Waals surface area contributed by atoms with Crippen LogP contribution in [0.4, 0.5) is 13.2 Å². The Hall–Kier alpha value is -4.15. The fraction of sp³-hybridized carbons (Fsp3) is 0.143. The van der Waals surface area contributed by atoms with E-state index in [9.17, 15) is 32.7 Å². The number of benzene rings is 2. The summed E-state index contributed by atoms with van der Waals surface area (Å²) in [4.78, 5) is 37.0. The van der Waals surface area contributed by atoms with Crippen molar-refractivity contribution in [3.05, 3.63) is 76.6 Å². The average Bonchev–Trinajstić information content (AvgIpc) is 3.05. The Labute approximate surface area is 179 Å². The van der Waals surface area contributed by atoms with Crippen LogP contribution in [0.25, 0.3) is 5.69 Å². The lowest BCUT2D eigenvalue weighted by Crippen LogP contribution is -2.45. The molecule has 3 rings (SSSR count). The van der Waals surface area contributed by atoms with Crippen molar-refractivity contribution in [1.82, 2.24) is 20.6 Å². The summed E-state index contributed by atoms with van der Waals surface area (Å²) in [6.45, 7) is 2.86. The van der Waals surface area contributed by atoms with Crippen molar-refractivity contribution < 1.29 is 32.7 Å². The van der Waals surface area contributed by atoms with E-state index in [1.807, 2.05) is 10.9 Å². The number of para-hydroxylation sites is 1. The number of rotatable bonds is 4. The van der Waals surface area contributed by atoms with Gasteiger partial charge in [-0.05, 0) is 44.2 Å². The van der Waals surface area contributed by atoms with E-state index in [1.165, 1.54) is 50.2 Å². The van der Waals surface area contributed by atoms with Gasteiger partial charge in [-0.3, -0.25) is 25.2 Å². The largest absolute Gasteiger partial charge is 0.507 e. The SMILES string of the molecule is Cc1nn(-c2cccc(C(F)(F)F)c2)c(C)c1C(=O)C(=O)NNC(=O)c1ccccc1O. The molecule has 0 fully saturated rings. The molecule has 8 nitrogen and oxygen atoms in total. The number of halogens is 3. The van der Waals surface area contributed by atoms with Crippen molar-refractivity contribution in [3.8, 4) is 11.4 Å². The van der Waals surface area contributed by atoms with Gasteiger partial charge in [0.25, 0.3) is 11.7 Å². The molecule has 0 bridgehead atoms. The second-order valence-electron chi connectivity index (χ2n) is 6.76. The Morgan fingerprint density at radius 2 is 1.69 bits per heavy atom. The monoisotopic (exact) mass is 446 g/mol. The molecule has 32 heavy (non-hydrogen) atoms. The van der Waals surface area contributed by atoms with Crippen molar-refractivity contribution in [3.63, 3.8) is 0 Å². The minimum atomic E-state index is -4.56. The Kier molecular flexibility index (Phi) is 6.01. The standard InChI is InChI=1S/C21H17F3N4O4/c1-11-17(12(2)28(27-11)14-7-5-6-13(10-14)21(22,23)24)18(30)20(32)26-25-19(31)15-8-3-4-9-16(15)29/h3-10,29H,1-2H3,(H,25,31)(H,26,32). The quantitative estimate of drug-likeness (QED) is 0.324. The van der Waals surface area contributed by atoms with Crippen LogP contribution in [-0.2, 0) is 11.0 Å². The van der Waals surface area contributed by atoms with Crippen LogP contribution in [0.15, 0.2) is 48.5 Å². The minimum Gasteiger partial charge on any atom is -0.507 e. The van der Waals surface area contributed by atoms with E-state index in [0.29, 0.717) is 0 Å². The van der Waals surface area contributed by atoms with Gasteiger partial charge < -0.3 is 5.11 Å². The number of carbonyl (C=O) groups is 3. The number of aryl methyl sites for hydroxylation is 1. The van der Waals surface area contributed by atoms with E-state index < -0.39 is 29.3 Å². The summed E-state index contributed by atoms with van der Waals surface area (Å²) in [5.41, 5.74) is 3.18. The lowest BCUT2D eigenvalue weighted by Gasteiger charge is -2.10. The summed E-state index contributed by atoms with van der Waals surface area (Å²) in [6.07, 6.45) is -4.56. The second-order valence-corrected chi connectivity index (χ2v) is 6.76. The van der Waals surface area contributed by atoms with Gasteiger partial charge in [-0.2, -0.15) is 18.3 Å². The maximum Gasteiger partial charge on any atom is 0.416 e. The summed E-state index contributed by atoms with van der Waals surface area (Å²) in [5, 5.41) is 13.8. The Morgan fingerprint density at radius 3 is 2.34 bits per heavy atom. The summed E-state index contributed by atoms with van der Waals surface area (Å²) >= 11 is 0. The van der Waals surface area contributed by atoms with Gasteiger partial charge in [0.1, 0.15) is 5.75 Å². The van der Waals surface area contributed by atoms with Gasteiger partial charge in [0.15, 0.2) is 0 Å². The molecular weight excluding hydrogens is 429 g/mol. The molecule has 0 radical (unpaired) electrons. The summed E-state index contributed by atoms with van der Waals surface area (Å²) in [5.74, 6) is -3.41. The topological polar surface area (TPSA) is 113 Å². The number of aromatic nitrogens is 2. The highest BCUT2D eigenvalue weighted by Crippen LogP contribution is 2.31. The van der Waals surface area contributed by atoms with Gasteiger partial charge in [0.2, 0.25) is 0 Å². The summed E-state index contributed by atoms with van der Waals surface area (Å²) in [7, 11) is 0. The molecule has 0 saturated carbocycles. The number of ketones is 1. The molecule has 0 aliphatic heterocycles. The van der Waals surface area contributed by atoms with Crippen LogP contribution in [0.5, 0.6) is 5.75 Å². The fourth-order valence-corrected chi connectivity index (χ4v) is 3.05. The van der Waals surface area contributed by atoms with E-state index in [4.69, 9.17) is 0 Å². The van der Waals surface area contributed by atoms with E-state index in [1.54, 1.807) is 0 Å². The molecule has 0 aliphatic carbocycles. The number of hydrogen-bond donors (Lipinski definition) is 3. The Balaban J connectivity index is 1.81. The third-order valence-corrected chi connectivity index (χ3v) is 4.58. The molecule has 3 aromatic rings. The molecule has 0 unspecified atom stereocenters. The molecule has 1 aromatic heterocycles. The molecule has 0 saturated heterocycles. The van der Waals surface area contributed by atoms with Gasteiger partial charge in [0, 0.05) is 0 Å². The zero-order valence-corrected chi connectivity index (χ0v) is 16.8. The van der Waals surface area contributed by atoms with Crippen molar-refractivity contribution in [2.75, 3.05) is 0 Å². The highest BCUT2D eigenvalue weighted by atomic mass is 19.4. The molecule has 1 heterocycles. The molecule has 0 spiro atoms. The summed E-state index contributed by atoms with van der Waals surface area (Å²) in [6, 6.07) is 9.95. The zero-order chi connectivity index (χ0) is 23.6. The highest BCUT2D eigenvalue weighted by molar-refractivity contribution is 6.43. The van der Waals surface area contributed by atoms with Crippen LogP contribution in [0, 0.1) is 13.8 Å². The number of hydrazine groups is 1. The molecule has 0 atom stereocenters. The van der Waals surface area contributed by atoms with Gasteiger partial charge in [-0.15, -0.1) is 0 Å². The van der Waals surface area contributed by atoms with Crippen molar-refractivity contribution in [2.24, 2.45) is 0 Å². The Morgan fingerprint density at radius 1 is 1.00 bits per heavy atom. The van der Waals surface area contributed by atoms with Crippen LogP contribution >= 0.6 is 0 Å². The first-order valence-electron chi connectivity index (χ1n) is 9.17. The number of nitrogens with zero attached hydrogens (tertiary/aromatic N) is 2. The third kappa shape index (κ3) is 4.46. The highest BCUT2D eigenvalue weighted by Gasteiger charge is 2.31. The van der Waals surface area contributed by atoms with Crippen LogP contribution in [0.1, 0.15) is 37.7 Å². The van der Waals surface area contributed by atoms with Crippen LogP contribution in [0.3, 0.4) is 0 Å². The molecule has 0 aliphatic rings. The predicted octanol–water partition coefficient (Wildman–Crippen LogP) is 2.86. The first-order valence-corrected chi connectivity index (χ1v) is 9.17. The molecule has 11 heteroatoms. The number of amides is 2. The van der Waals surface area contributed by atoms with Gasteiger partial charge in [-0.25, -0.2) is 4.68 Å². The third-order valence-electron chi connectivity index (χ3n) is 4.58. The van der Waals surface area contributed by atoms with E-state index in [-0.39, 0.29) is 34.0 Å². The molecule has 3 N–H and O–H groups in total. The van der Waals surface area contributed by atoms with Crippen molar-refractivity contribution >= 4 is 17.6 Å². The van der Waals surface area contributed by atoms with E-state index in [2.05, 4.69) is 5.10 Å². The van der Waals surface area contributed by atoms with Gasteiger partial charge in [0.05, 0.1) is 33.8 Å².